The summed E-state index contributed by atoms with van der Waals surface area (Å²) in [4.78, 5) is 10.6. The summed E-state index contributed by atoms with van der Waals surface area (Å²) in [7, 11) is 1.72. The second-order valence-electron chi connectivity index (χ2n) is 5.66. The van der Waals surface area contributed by atoms with Crippen LogP contribution in [0.4, 0.5) is 0 Å². The van der Waals surface area contributed by atoms with Gasteiger partial charge < -0.3 is 14.3 Å². The summed E-state index contributed by atoms with van der Waals surface area (Å²) in [6.07, 6.45) is 9.72. The van der Waals surface area contributed by atoms with Crippen LogP contribution in [0.25, 0.3) is 0 Å². The van der Waals surface area contributed by atoms with Gasteiger partial charge in [-0.15, -0.1) is 0 Å². The molecule has 4 heteroatoms. The lowest BCUT2D eigenvalue weighted by Crippen LogP contribution is -2.26. The molecular formula is C17H36O3S. The number of hydrogen-bond acceptors (Lipinski definition) is 4. The number of thioether (sulfide) groups is 1. The van der Waals surface area contributed by atoms with Crippen molar-refractivity contribution in [1.82, 2.24) is 0 Å². The van der Waals surface area contributed by atoms with Crippen LogP contribution in [-0.4, -0.2) is 44.7 Å². The fourth-order valence-electron chi connectivity index (χ4n) is 1.77. The second kappa shape index (κ2) is 16.3. The van der Waals surface area contributed by atoms with Gasteiger partial charge in [-0.25, -0.2) is 0 Å². The zero-order valence-corrected chi connectivity index (χ0v) is 15.8. The van der Waals surface area contributed by atoms with E-state index in [0.29, 0.717) is 12.7 Å². The van der Waals surface area contributed by atoms with Gasteiger partial charge in [0.05, 0.1) is 19.3 Å². The van der Waals surface area contributed by atoms with Crippen LogP contribution in [0.5, 0.6) is 0 Å². The molecule has 0 aromatic rings. The summed E-state index contributed by atoms with van der Waals surface area (Å²) in [6, 6.07) is 0. The molecule has 3 nitrogen and oxygen atoms in total. The highest BCUT2D eigenvalue weighted by molar-refractivity contribution is 7.98. The first kappa shape index (κ1) is 23.2. The van der Waals surface area contributed by atoms with Crippen molar-refractivity contribution in [2.75, 3.05) is 32.3 Å². The third-order valence-electron chi connectivity index (χ3n) is 3.05. The van der Waals surface area contributed by atoms with Crippen LogP contribution in [0.2, 0.25) is 0 Å². The lowest BCUT2D eigenvalue weighted by Gasteiger charge is -2.25. The molecule has 128 valence electrons. The normalized spacial score (nSPS) is 15.3. The Bertz CT molecular complexity index is 210. The molecule has 0 saturated heterocycles. The van der Waals surface area contributed by atoms with Gasteiger partial charge in [0, 0.05) is 18.3 Å². The third kappa shape index (κ3) is 16.1. The van der Waals surface area contributed by atoms with Crippen molar-refractivity contribution in [2.24, 2.45) is 5.41 Å². The van der Waals surface area contributed by atoms with Crippen LogP contribution in [-0.2, 0) is 14.3 Å². The van der Waals surface area contributed by atoms with Crippen LogP contribution >= 0.6 is 11.8 Å². The molecule has 0 heterocycles. The minimum atomic E-state index is -0.308. The van der Waals surface area contributed by atoms with E-state index in [1.165, 1.54) is 32.1 Å². The third-order valence-corrected chi connectivity index (χ3v) is 3.63. The first-order valence-corrected chi connectivity index (χ1v) is 9.51. The van der Waals surface area contributed by atoms with E-state index in [0.717, 1.165) is 18.6 Å². The zero-order chi connectivity index (χ0) is 16.6. The molecule has 21 heavy (non-hydrogen) atoms. The molecule has 0 radical (unpaired) electrons. The molecule has 1 aliphatic carbocycles. The van der Waals surface area contributed by atoms with Gasteiger partial charge in [0.1, 0.15) is 6.29 Å². The highest BCUT2D eigenvalue weighted by atomic mass is 32.2. The van der Waals surface area contributed by atoms with Gasteiger partial charge in [-0.3, -0.25) is 0 Å². The maximum absolute atomic E-state index is 10.6. The van der Waals surface area contributed by atoms with Crippen LogP contribution in [0, 0.1) is 5.41 Å². The summed E-state index contributed by atoms with van der Waals surface area (Å²) in [5.74, 6) is 1.11. The SMILES string of the molecule is CC.CC(C)(C=O)COC1CCCCC1.COCCSC. The predicted octanol–water partition coefficient (Wildman–Crippen LogP) is 4.58. The Labute approximate surface area is 136 Å². The highest BCUT2D eigenvalue weighted by Gasteiger charge is 2.20. The average molecular weight is 321 g/mol. The van der Waals surface area contributed by atoms with E-state index in [9.17, 15) is 4.79 Å². The lowest BCUT2D eigenvalue weighted by molar-refractivity contribution is -0.119. The first-order valence-electron chi connectivity index (χ1n) is 8.11. The van der Waals surface area contributed by atoms with Crippen molar-refractivity contribution in [3.63, 3.8) is 0 Å². The van der Waals surface area contributed by atoms with Gasteiger partial charge in [-0.1, -0.05) is 47.0 Å². The largest absolute Gasteiger partial charge is 0.384 e. The van der Waals surface area contributed by atoms with E-state index in [4.69, 9.17) is 9.47 Å². The zero-order valence-electron chi connectivity index (χ0n) is 14.9. The summed E-state index contributed by atoms with van der Waals surface area (Å²) >= 11 is 1.80. The van der Waals surface area contributed by atoms with E-state index in [2.05, 4.69) is 6.26 Å². The van der Waals surface area contributed by atoms with Crippen LogP contribution in [0.3, 0.4) is 0 Å². The maximum atomic E-state index is 10.6. The number of aldehydes is 1. The standard InChI is InChI=1S/C11H20O2.C4H10OS.C2H6/c1-11(2,8-12)9-13-10-6-4-3-5-7-10;1-5-3-4-6-2;1-2/h8,10H,3-7,9H2,1-2H3;3-4H2,1-2H3;1-2H3. The Morgan fingerprint density at radius 2 is 1.76 bits per heavy atom. The first-order chi connectivity index (χ1) is 10.1. The smallest absolute Gasteiger partial charge is 0.127 e. The molecule has 0 aromatic carbocycles. The average Bonchev–Trinajstić information content (AvgIpc) is 2.54. The molecule has 0 atom stereocenters. The van der Waals surface area contributed by atoms with E-state index >= 15 is 0 Å². The fourth-order valence-corrected chi connectivity index (χ4v) is 2.10. The number of carbonyl (C=O) groups is 1. The van der Waals surface area contributed by atoms with Crippen molar-refractivity contribution >= 4 is 18.0 Å². The van der Waals surface area contributed by atoms with Crippen molar-refractivity contribution in [3.05, 3.63) is 0 Å². The minimum absolute atomic E-state index is 0.308. The molecule has 1 aliphatic rings. The summed E-state index contributed by atoms with van der Waals surface area (Å²) in [6.45, 7) is 9.29. The quantitative estimate of drug-likeness (QED) is 0.508. The van der Waals surface area contributed by atoms with E-state index in [1.54, 1.807) is 18.9 Å². The van der Waals surface area contributed by atoms with Crippen molar-refractivity contribution in [2.45, 2.75) is 65.9 Å². The molecule has 0 bridgehead atoms. The van der Waals surface area contributed by atoms with E-state index < -0.39 is 0 Å². The van der Waals surface area contributed by atoms with E-state index in [-0.39, 0.29) is 5.41 Å². The number of rotatable bonds is 7. The van der Waals surface area contributed by atoms with Gasteiger partial charge in [-0.05, 0) is 19.1 Å². The Hall–Kier alpha value is -0.0600. The van der Waals surface area contributed by atoms with Gasteiger partial charge in [-0.2, -0.15) is 11.8 Å². The predicted molar refractivity (Wildman–Crippen MR) is 94.3 cm³/mol. The Morgan fingerprint density at radius 1 is 1.19 bits per heavy atom. The van der Waals surface area contributed by atoms with Crippen LogP contribution < -0.4 is 0 Å². The van der Waals surface area contributed by atoms with E-state index in [1.807, 2.05) is 27.7 Å². The maximum Gasteiger partial charge on any atom is 0.127 e. The Morgan fingerprint density at radius 3 is 2.14 bits per heavy atom. The Kier molecular flexibility index (Phi) is 18.0. The topological polar surface area (TPSA) is 35.5 Å². The Balaban J connectivity index is 0. The van der Waals surface area contributed by atoms with Crippen LogP contribution in [0.1, 0.15) is 59.8 Å². The highest BCUT2D eigenvalue weighted by Crippen LogP contribution is 2.22. The van der Waals surface area contributed by atoms with Crippen molar-refractivity contribution < 1.29 is 14.3 Å². The number of carbonyl (C=O) groups excluding carboxylic acids is 1. The van der Waals surface area contributed by atoms with Gasteiger partial charge in [0.15, 0.2) is 0 Å². The molecule has 0 N–H and O–H groups in total. The summed E-state index contributed by atoms with van der Waals surface area (Å²) in [5, 5.41) is 0. The molecule has 0 spiro atoms. The molecule has 0 aromatic heterocycles. The molecule has 1 saturated carbocycles. The summed E-state index contributed by atoms with van der Waals surface area (Å²) in [5.41, 5.74) is -0.308. The number of methoxy groups -OCH3 is 1. The van der Waals surface area contributed by atoms with Crippen molar-refractivity contribution in [1.29, 1.82) is 0 Å². The van der Waals surface area contributed by atoms with Gasteiger partial charge in [0.25, 0.3) is 0 Å². The number of ether oxygens (including phenoxy) is 2. The van der Waals surface area contributed by atoms with Crippen LogP contribution in [0.15, 0.2) is 0 Å². The molecular weight excluding hydrogens is 284 g/mol. The molecule has 1 rings (SSSR count). The molecule has 0 unspecified atom stereocenters. The van der Waals surface area contributed by atoms with Gasteiger partial charge >= 0.3 is 0 Å². The molecule has 1 fully saturated rings. The number of hydrogen-bond donors (Lipinski definition) is 0. The lowest BCUT2D eigenvalue weighted by atomic mass is 9.95. The second-order valence-corrected chi connectivity index (χ2v) is 6.65. The molecule has 0 aliphatic heterocycles. The monoisotopic (exact) mass is 320 g/mol. The summed E-state index contributed by atoms with van der Waals surface area (Å²) < 4.78 is 10.5. The van der Waals surface area contributed by atoms with Crippen molar-refractivity contribution in [3.8, 4) is 0 Å². The van der Waals surface area contributed by atoms with Gasteiger partial charge in [0.2, 0.25) is 0 Å². The molecule has 0 amide bonds. The minimum Gasteiger partial charge on any atom is -0.384 e. The fraction of sp³-hybridized carbons (Fsp3) is 0.941.